The molecule has 2 aromatic carbocycles. The zero-order valence-electron chi connectivity index (χ0n) is 20.1. The zero-order chi connectivity index (χ0) is 23.3. The molecule has 0 aromatic heterocycles. The average Bonchev–Trinajstić information content (AvgIpc) is 2.86. The van der Waals surface area contributed by atoms with E-state index in [1.54, 1.807) is 13.2 Å². The first-order valence-corrected chi connectivity index (χ1v) is 12.2. The minimum Gasteiger partial charge on any atom is -0.496 e. The van der Waals surface area contributed by atoms with Gasteiger partial charge in [0.1, 0.15) is 5.75 Å². The van der Waals surface area contributed by atoms with Crippen molar-refractivity contribution >= 4 is 29.1 Å². The summed E-state index contributed by atoms with van der Waals surface area (Å²) in [5, 5.41) is 5.35. The molecule has 33 heavy (non-hydrogen) atoms. The molecule has 0 aliphatic carbocycles. The fourth-order valence-electron chi connectivity index (χ4n) is 4.17. The maximum absolute atomic E-state index is 12.4. The molecule has 0 spiro atoms. The van der Waals surface area contributed by atoms with Crippen LogP contribution in [0.3, 0.4) is 0 Å². The normalized spacial score (nSPS) is 13.2. The monoisotopic (exact) mass is 447 g/mol. The summed E-state index contributed by atoms with van der Waals surface area (Å²) in [6.45, 7) is 4.91. The number of carbonyl (C=O) groups excluding carboxylic acids is 1. The fraction of sp³-hybridized carbons (Fsp3) is 0.429. The summed E-state index contributed by atoms with van der Waals surface area (Å²) in [4.78, 5) is 18.8. The number of unbranched alkanes of at least 4 members (excludes halogenated alkanes) is 4. The van der Waals surface area contributed by atoms with Crippen molar-refractivity contribution in [1.29, 1.82) is 0 Å². The van der Waals surface area contributed by atoms with Crippen LogP contribution in [0.5, 0.6) is 5.75 Å². The van der Waals surface area contributed by atoms with Crippen molar-refractivity contribution in [2.24, 2.45) is 4.99 Å². The molecule has 0 saturated carbocycles. The van der Waals surface area contributed by atoms with Crippen LogP contribution in [-0.4, -0.2) is 43.9 Å². The predicted molar refractivity (Wildman–Crippen MR) is 139 cm³/mol. The number of nitrogens with zero attached hydrogens (tertiary/aromatic N) is 2. The molecule has 1 heterocycles. The Morgan fingerprint density at radius 1 is 1.15 bits per heavy atom. The summed E-state index contributed by atoms with van der Waals surface area (Å²) in [6.07, 6.45) is 17.1. The Kier molecular flexibility index (Phi) is 10.0. The van der Waals surface area contributed by atoms with Gasteiger partial charge in [0.05, 0.1) is 13.4 Å². The first-order chi connectivity index (χ1) is 16.2. The van der Waals surface area contributed by atoms with Crippen LogP contribution >= 0.6 is 0 Å². The summed E-state index contributed by atoms with van der Waals surface area (Å²) in [6, 6.07) is 10.4. The van der Waals surface area contributed by atoms with Crippen molar-refractivity contribution in [2.75, 3.05) is 26.7 Å². The average molecular weight is 448 g/mol. The number of amides is 1. The van der Waals surface area contributed by atoms with Gasteiger partial charge in [-0.15, -0.1) is 0 Å². The highest BCUT2D eigenvalue weighted by atomic mass is 16.5. The topological polar surface area (TPSA) is 53.9 Å². The van der Waals surface area contributed by atoms with E-state index >= 15 is 0 Å². The largest absolute Gasteiger partial charge is 0.496 e. The Morgan fingerprint density at radius 2 is 1.97 bits per heavy atom. The van der Waals surface area contributed by atoms with Crippen LogP contribution in [-0.2, 0) is 11.2 Å². The molecule has 0 atom stereocenters. The predicted octanol–water partition coefficient (Wildman–Crippen LogP) is 5.74. The maximum atomic E-state index is 12.4. The van der Waals surface area contributed by atoms with Crippen LogP contribution in [0.2, 0.25) is 0 Å². The lowest BCUT2D eigenvalue weighted by Gasteiger charge is -2.18. The molecule has 1 aliphatic rings. The summed E-state index contributed by atoms with van der Waals surface area (Å²) in [5.74, 6) is 0.803. The van der Waals surface area contributed by atoms with Crippen LogP contribution < -0.4 is 10.1 Å². The van der Waals surface area contributed by atoms with E-state index in [4.69, 9.17) is 4.74 Å². The molecule has 0 bridgehead atoms. The van der Waals surface area contributed by atoms with Gasteiger partial charge in [0, 0.05) is 37.3 Å². The van der Waals surface area contributed by atoms with Gasteiger partial charge in [-0.25, -0.2) is 4.99 Å². The van der Waals surface area contributed by atoms with E-state index in [1.807, 2.05) is 24.7 Å². The van der Waals surface area contributed by atoms with Gasteiger partial charge < -0.3 is 15.0 Å². The lowest BCUT2D eigenvalue weighted by atomic mass is 9.94. The van der Waals surface area contributed by atoms with Gasteiger partial charge in [-0.1, -0.05) is 50.5 Å². The number of rotatable bonds is 13. The Balaban J connectivity index is 1.49. The number of hydrogen-bond acceptors (Lipinski definition) is 4. The number of hydrogen-bond donors (Lipinski definition) is 1. The smallest absolute Gasteiger partial charge is 0.243 e. The van der Waals surface area contributed by atoms with Gasteiger partial charge in [0.15, 0.2) is 0 Å². The Hall–Kier alpha value is -3.08. The van der Waals surface area contributed by atoms with Crippen molar-refractivity contribution in [2.45, 2.75) is 51.9 Å². The number of fused-ring (bicyclic) bond motifs is 1. The number of benzene rings is 2. The summed E-state index contributed by atoms with van der Waals surface area (Å²) >= 11 is 0. The molecular weight excluding hydrogens is 410 g/mol. The minimum absolute atomic E-state index is 0.0418. The number of aryl methyl sites for hydroxylation is 1. The molecule has 1 N–H and O–H groups in total. The van der Waals surface area contributed by atoms with E-state index in [-0.39, 0.29) is 5.91 Å². The third kappa shape index (κ3) is 7.48. The summed E-state index contributed by atoms with van der Waals surface area (Å²) in [5.41, 5.74) is 2.34. The van der Waals surface area contributed by atoms with Gasteiger partial charge in [0.25, 0.3) is 0 Å². The van der Waals surface area contributed by atoms with E-state index < -0.39 is 0 Å². The van der Waals surface area contributed by atoms with E-state index in [1.165, 1.54) is 10.9 Å². The number of carbonyl (C=O) groups is 1. The molecule has 1 amide bonds. The first kappa shape index (κ1) is 24.6. The summed E-state index contributed by atoms with van der Waals surface area (Å²) in [7, 11) is 1.70. The van der Waals surface area contributed by atoms with Crippen LogP contribution in [0.4, 0.5) is 0 Å². The van der Waals surface area contributed by atoms with Crippen molar-refractivity contribution in [1.82, 2.24) is 10.2 Å². The van der Waals surface area contributed by atoms with E-state index in [2.05, 4.69) is 52.5 Å². The highest BCUT2D eigenvalue weighted by molar-refractivity contribution is 5.96. The molecule has 0 fully saturated rings. The third-order valence-corrected chi connectivity index (χ3v) is 6.00. The molecule has 0 radical (unpaired) electrons. The van der Waals surface area contributed by atoms with Crippen molar-refractivity contribution < 1.29 is 9.53 Å². The molecule has 3 rings (SSSR count). The maximum Gasteiger partial charge on any atom is 0.243 e. The van der Waals surface area contributed by atoms with Gasteiger partial charge >= 0.3 is 0 Å². The number of nitrogens with one attached hydrogen (secondary N) is 1. The second kappa shape index (κ2) is 13.5. The van der Waals surface area contributed by atoms with Crippen LogP contribution in [0, 0.1) is 0 Å². The van der Waals surface area contributed by atoms with Crippen LogP contribution in [0.1, 0.15) is 56.6 Å². The minimum atomic E-state index is -0.0418. The van der Waals surface area contributed by atoms with Crippen molar-refractivity contribution in [3.8, 4) is 5.75 Å². The lowest BCUT2D eigenvalue weighted by molar-refractivity contribution is -0.116. The Labute approximate surface area is 198 Å². The molecule has 1 aliphatic heterocycles. The second-order valence-electron chi connectivity index (χ2n) is 8.48. The number of methoxy groups -OCH3 is 1. The van der Waals surface area contributed by atoms with Gasteiger partial charge in [-0.05, 0) is 60.4 Å². The molecule has 176 valence electrons. The van der Waals surface area contributed by atoms with Crippen molar-refractivity contribution in [3.63, 3.8) is 0 Å². The summed E-state index contributed by atoms with van der Waals surface area (Å²) < 4.78 is 5.64. The molecular formula is C28H37N3O2. The quantitative estimate of drug-likeness (QED) is 0.315. The second-order valence-corrected chi connectivity index (χ2v) is 8.48. The molecule has 2 aromatic rings. The van der Waals surface area contributed by atoms with E-state index in [9.17, 15) is 4.79 Å². The highest BCUT2D eigenvalue weighted by Gasteiger charge is 2.11. The van der Waals surface area contributed by atoms with Gasteiger partial charge in [0.2, 0.25) is 5.91 Å². The number of ether oxygens (including phenoxy) is 1. The fourth-order valence-corrected chi connectivity index (χ4v) is 4.17. The van der Waals surface area contributed by atoms with Gasteiger partial charge in [-0.2, -0.15) is 0 Å². The molecule has 5 heteroatoms. The zero-order valence-corrected chi connectivity index (χ0v) is 20.1. The molecule has 0 unspecified atom stereocenters. The Bertz CT molecular complexity index is 994. The van der Waals surface area contributed by atoms with E-state index in [0.717, 1.165) is 74.7 Å². The standard InChI is InChI=1S/C28H37N3O2/c1-3-4-12-24-23(21-27(33-2)26-14-8-7-13-25(24)26)15-16-28(32)30-18-9-5-6-10-19-31-20-11-17-29-22-31/h7-8,11,13-17,21-22H,3-6,9-10,12,18-20H2,1-2H3,(H,30,32)/b16-15+. The van der Waals surface area contributed by atoms with Crippen LogP contribution in [0.15, 0.2) is 53.7 Å². The highest BCUT2D eigenvalue weighted by Crippen LogP contribution is 2.33. The van der Waals surface area contributed by atoms with E-state index in [0.29, 0.717) is 6.54 Å². The first-order valence-electron chi connectivity index (χ1n) is 12.2. The van der Waals surface area contributed by atoms with Crippen LogP contribution in [0.25, 0.3) is 16.8 Å². The lowest BCUT2D eigenvalue weighted by Crippen LogP contribution is -2.25. The van der Waals surface area contributed by atoms with Gasteiger partial charge in [-0.3, -0.25) is 4.79 Å². The van der Waals surface area contributed by atoms with Crippen molar-refractivity contribution in [3.05, 3.63) is 59.8 Å². The molecule has 0 saturated heterocycles. The Morgan fingerprint density at radius 3 is 2.73 bits per heavy atom. The third-order valence-electron chi connectivity index (χ3n) is 6.00. The molecule has 5 nitrogen and oxygen atoms in total. The SMILES string of the molecule is CCCCc1c(/C=C/C(=O)NCCCCCCN2C=NC=CC2)cc(OC)c2ccccc12. The number of aliphatic imine (C=N–C) groups is 1.